The van der Waals surface area contributed by atoms with Crippen LogP contribution in [0.5, 0.6) is 0 Å². The molecule has 0 atom stereocenters. The van der Waals surface area contributed by atoms with E-state index in [4.69, 9.17) is 0 Å². The van der Waals surface area contributed by atoms with Crippen LogP contribution in [0.15, 0.2) is 6.07 Å². The molecule has 0 unspecified atom stereocenters. The second kappa shape index (κ2) is 2.27. The molecule has 0 amide bonds. The van der Waals surface area contributed by atoms with Gasteiger partial charge in [-0.15, -0.1) is 5.10 Å². The van der Waals surface area contributed by atoms with Gasteiger partial charge in [0.2, 0.25) is 0 Å². The summed E-state index contributed by atoms with van der Waals surface area (Å²) >= 11 is 0. The largest absolute Gasteiger partial charge is 0.232 e. The van der Waals surface area contributed by atoms with Crippen molar-refractivity contribution < 1.29 is 0 Å². The Morgan fingerprint density at radius 3 is 2.83 bits per heavy atom. The van der Waals surface area contributed by atoms with Crippen molar-refractivity contribution in [1.82, 2.24) is 20.0 Å². The fraction of sp³-hybridized carbons (Fsp3) is 0.375. The first-order valence-electron chi connectivity index (χ1n) is 3.82. The lowest BCUT2D eigenvalue weighted by atomic mass is 10.2. The van der Waals surface area contributed by atoms with Crippen molar-refractivity contribution in [2.45, 2.75) is 13.8 Å². The summed E-state index contributed by atoms with van der Waals surface area (Å²) in [4.78, 5) is 4.37. The molecule has 0 fully saturated rings. The van der Waals surface area contributed by atoms with Crippen LogP contribution in [0.25, 0.3) is 11.2 Å². The Hall–Kier alpha value is -1.45. The lowest BCUT2D eigenvalue weighted by molar-refractivity contribution is 0.729. The highest BCUT2D eigenvalue weighted by Gasteiger charge is 2.04. The van der Waals surface area contributed by atoms with Crippen LogP contribution in [0, 0.1) is 13.8 Å². The second-order valence-corrected chi connectivity index (χ2v) is 2.95. The van der Waals surface area contributed by atoms with E-state index in [1.807, 2.05) is 27.0 Å². The van der Waals surface area contributed by atoms with Gasteiger partial charge in [-0.05, 0) is 25.5 Å². The predicted molar refractivity (Wildman–Crippen MR) is 45.8 cm³/mol. The number of rotatable bonds is 0. The first kappa shape index (κ1) is 7.21. The van der Waals surface area contributed by atoms with Gasteiger partial charge in [0.1, 0.15) is 5.52 Å². The van der Waals surface area contributed by atoms with Crippen LogP contribution in [0.3, 0.4) is 0 Å². The Morgan fingerprint density at radius 1 is 1.33 bits per heavy atom. The maximum absolute atomic E-state index is 4.37. The zero-order valence-corrected chi connectivity index (χ0v) is 7.37. The number of nitrogens with zero attached hydrogens (tertiary/aromatic N) is 4. The molecule has 0 aliphatic carbocycles. The molecule has 2 heterocycles. The molecule has 0 bridgehead atoms. The van der Waals surface area contributed by atoms with E-state index in [1.54, 1.807) is 4.68 Å². The highest BCUT2D eigenvalue weighted by molar-refractivity contribution is 5.70. The highest BCUT2D eigenvalue weighted by atomic mass is 15.4. The molecule has 12 heavy (non-hydrogen) atoms. The van der Waals surface area contributed by atoms with Crippen LogP contribution in [-0.2, 0) is 7.05 Å². The van der Waals surface area contributed by atoms with E-state index in [9.17, 15) is 0 Å². The fourth-order valence-corrected chi connectivity index (χ4v) is 1.15. The second-order valence-electron chi connectivity index (χ2n) is 2.95. The predicted octanol–water partition coefficient (Wildman–Crippen LogP) is 0.980. The Morgan fingerprint density at radius 2 is 2.08 bits per heavy atom. The number of hydrogen-bond acceptors (Lipinski definition) is 3. The minimum atomic E-state index is 0.845. The van der Waals surface area contributed by atoms with Gasteiger partial charge in [0.05, 0.1) is 0 Å². The van der Waals surface area contributed by atoms with Crippen molar-refractivity contribution in [2.24, 2.45) is 7.05 Å². The maximum atomic E-state index is 4.37. The molecule has 2 rings (SSSR count). The first-order valence-corrected chi connectivity index (χ1v) is 3.82. The molecule has 0 aliphatic rings. The Kier molecular flexibility index (Phi) is 1.36. The summed E-state index contributed by atoms with van der Waals surface area (Å²) in [5.74, 6) is 0. The van der Waals surface area contributed by atoms with E-state index in [1.165, 1.54) is 0 Å². The quantitative estimate of drug-likeness (QED) is 0.580. The van der Waals surface area contributed by atoms with E-state index < -0.39 is 0 Å². The highest BCUT2D eigenvalue weighted by Crippen LogP contribution is 2.11. The van der Waals surface area contributed by atoms with Gasteiger partial charge in [-0.1, -0.05) is 5.21 Å². The summed E-state index contributed by atoms with van der Waals surface area (Å²) in [5.41, 5.74) is 3.90. The molecule has 4 heteroatoms. The molecule has 0 radical (unpaired) electrons. The van der Waals surface area contributed by atoms with E-state index in [-0.39, 0.29) is 0 Å². The van der Waals surface area contributed by atoms with Gasteiger partial charge in [0.15, 0.2) is 5.65 Å². The normalized spacial score (nSPS) is 10.9. The van der Waals surface area contributed by atoms with Crippen LogP contribution < -0.4 is 0 Å². The van der Waals surface area contributed by atoms with Gasteiger partial charge in [0.25, 0.3) is 0 Å². The van der Waals surface area contributed by atoms with Gasteiger partial charge in [-0.3, -0.25) is 0 Å². The van der Waals surface area contributed by atoms with Crippen LogP contribution in [0.1, 0.15) is 11.3 Å². The monoisotopic (exact) mass is 162 g/mol. The SMILES string of the molecule is Cc1cc2nnn(C)c2nc1C. The third-order valence-corrected chi connectivity index (χ3v) is 2.02. The van der Waals surface area contributed by atoms with Crippen molar-refractivity contribution in [1.29, 1.82) is 0 Å². The molecule has 2 aromatic heterocycles. The molecule has 62 valence electrons. The van der Waals surface area contributed by atoms with E-state index in [0.29, 0.717) is 0 Å². The standard InChI is InChI=1S/C8H10N4/c1-5-4-7-8(9-6(5)2)12(3)11-10-7/h4H,1-3H3. The molecule has 0 aliphatic heterocycles. The third kappa shape index (κ3) is 0.879. The summed E-state index contributed by atoms with van der Waals surface area (Å²) in [6, 6.07) is 2.00. The number of aromatic nitrogens is 4. The molecular formula is C8H10N4. The summed E-state index contributed by atoms with van der Waals surface area (Å²) in [5, 5.41) is 7.85. The molecular weight excluding hydrogens is 152 g/mol. The number of pyridine rings is 1. The molecule has 0 saturated carbocycles. The van der Waals surface area contributed by atoms with Crippen molar-refractivity contribution >= 4 is 11.2 Å². The number of hydrogen-bond donors (Lipinski definition) is 0. The van der Waals surface area contributed by atoms with Gasteiger partial charge in [0, 0.05) is 12.7 Å². The average Bonchev–Trinajstić information content (AvgIpc) is 2.35. The van der Waals surface area contributed by atoms with Crippen molar-refractivity contribution in [3.05, 3.63) is 17.3 Å². The van der Waals surface area contributed by atoms with Gasteiger partial charge >= 0.3 is 0 Å². The Bertz CT molecular complexity index is 430. The first-order chi connectivity index (χ1) is 5.68. The summed E-state index contributed by atoms with van der Waals surface area (Å²) in [6.45, 7) is 4.01. The summed E-state index contributed by atoms with van der Waals surface area (Å²) < 4.78 is 1.68. The minimum Gasteiger partial charge on any atom is -0.232 e. The van der Waals surface area contributed by atoms with Crippen LogP contribution in [0.2, 0.25) is 0 Å². The smallest absolute Gasteiger partial charge is 0.178 e. The molecule has 0 aromatic carbocycles. The van der Waals surface area contributed by atoms with Crippen molar-refractivity contribution in [3.8, 4) is 0 Å². The van der Waals surface area contributed by atoms with E-state index >= 15 is 0 Å². The van der Waals surface area contributed by atoms with E-state index in [2.05, 4.69) is 15.3 Å². The Balaban J connectivity index is 2.87. The van der Waals surface area contributed by atoms with E-state index in [0.717, 1.165) is 22.4 Å². The van der Waals surface area contributed by atoms with Crippen LogP contribution in [-0.4, -0.2) is 20.0 Å². The minimum absolute atomic E-state index is 0.845. The number of aryl methyl sites for hydroxylation is 3. The topological polar surface area (TPSA) is 43.6 Å². The van der Waals surface area contributed by atoms with Gasteiger partial charge in [-0.2, -0.15) is 0 Å². The zero-order valence-electron chi connectivity index (χ0n) is 7.37. The molecule has 4 nitrogen and oxygen atoms in total. The zero-order chi connectivity index (χ0) is 8.72. The average molecular weight is 162 g/mol. The Labute approximate surface area is 70.2 Å². The van der Waals surface area contributed by atoms with Gasteiger partial charge < -0.3 is 0 Å². The third-order valence-electron chi connectivity index (χ3n) is 2.02. The fourth-order valence-electron chi connectivity index (χ4n) is 1.15. The van der Waals surface area contributed by atoms with Crippen LogP contribution >= 0.6 is 0 Å². The maximum Gasteiger partial charge on any atom is 0.178 e. The lowest BCUT2D eigenvalue weighted by Crippen LogP contribution is -1.94. The lowest BCUT2D eigenvalue weighted by Gasteiger charge is -1.97. The van der Waals surface area contributed by atoms with Crippen molar-refractivity contribution in [3.63, 3.8) is 0 Å². The summed E-state index contributed by atoms with van der Waals surface area (Å²) in [6.07, 6.45) is 0. The molecule has 0 N–H and O–H groups in total. The molecule has 2 aromatic rings. The van der Waals surface area contributed by atoms with Crippen LogP contribution in [0.4, 0.5) is 0 Å². The van der Waals surface area contributed by atoms with Crippen molar-refractivity contribution in [2.75, 3.05) is 0 Å². The molecule has 0 saturated heterocycles. The molecule has 0 spiro atoms. The number of fused-ring (bicyclic) bond motifs is 1. The van der Waals surface area contributed by atoms with Gasteiger partial charge in [-0.25, -0.2) is 9.67 Å². The summed E-state index contributed by atoms with van der Waals surface area (Å²) in [7, 11) is 1.84.